The number of fused-ring (bicyclic) bond motifs is 12. The molecule has 0 saturated heterocycles. The normalized spacial score (nSPS) is 13.2. The minimum atomic E-state index is -0.585. The average Bonchev–Trinajstić information content (AvgIpc) is 3.81. The van der Waals surface area contributed by atoms with Crippen molar-refractivity contribution in [2.45, 2.75) is 5.41 Å². The molecule has 0 fully saturated rings. The van der Waals surface area contributed by atoms with E-state index in [9.17, 15) is 0 Å². The van der Waals surface area contributed by atoms with Gasteiger partial charge in [-0.1, -0.05) is 170 Å². The Kier molecular flexibility index (Phi) is 6.98. The first-order valence-electron chi connectivity index (χ1n) is 19.2. The Morgan fingerprint density at radius 1 is 0.368 bits per heavy atom. The van der Waals surface area contributed by atoms with E-state index in [4.69, 9.17) is 19.7 Å². The molecule has 12 rings (SSSR count). The van der Waals surface area contributed by atoms with Crippen molar-refractivity contribution in [2.75, 3.05) is 0 Å². The van der Waals surface area contributed by atoms with Crippen LogP contribution in [0.5, 0.6) is 11.5 Å². The van der Waals surface area contributed by atoms with Crippen LogP contribution in [0, 0.1) is 0 Å². The van der Waals surface area contributed by atoms with E-state index >= 15 is 0 Å². The zero-order valence-corrected chi connectivity index (χ0v) is 31.4. The lowest BCUT2D eigenvalue weighted by molar-refractivity contribution is 0.436. The Bertz CT molecular complexity index is 3180. The maximum atomic E-state index is 6.58. The molecule has 266 valence electrons. The van der Waals surface area contributed by atoms with E-state index in [1.807, 2.05) is 41.7 Å². The smallest absolute Gasteiger partial charge is 0.164 e. The van der Waals surface area contributed by atoms with Crippen molar-refractivity contribution in [2.24, 2.45) is 0 Å². The number of hydrogen-bond acceptors (Lipinski definition) is 5. The van der Waals surface area contributed by atoms with Crippen LogP contribution in [-0.4, -0.2) is 15.0 Å². The molecule has 2 aromatic heterocycles. The number of aromatic nitrogens is 3. The third kappa shape index (κ3) is 4.70. The van der Waals surface area contributed by atoms with Crippen LogP contribution in [0.4, 0.5) is 0 Å². The highest BCUT2D eigenvalue weighted by atomic mass is 32.1. The molecule has 0 N–H and O–H groups in total. The van der Waals surface area contributed by atoms with Crippen LogP contribution >= 0.6 is 11.3 Å². The summed E-state index contributed by atoms with van der Waals surface area (Å²) in [5, 5.41) is 2.59. The summed E-state index contributed by atoms with van der Waals surface area (Å²) in [6.45, 7) is 0. The van der Waals surface area contributed by atoms with Gasteiger partial charge in [0.05, 0.1) is 5.41 Å². The van der Waals surface area contributed by atoms with Crippen molar-refractivity contribution in [1.29, 1.82) is 0 Å². The Morgan fingerprint density at radius 3 is 1.67 bits per heavy atom. The minimum absolute atomic E-state index is 0.585. The standard InChI is InChI=1S/C52H31N3OS/c1-2-14-33(15-3-1)49-53-50(34-30-28-32(29-31-34)35-18-12-19-37-36-16-5-11-27-46(36)57-48(35)37)55-51(54-49)39-20-13-24-43-47(39)38-17-4-6-21-40(38)52(43)41-22-7-9-25-44(41)56-45-26-10-8-23-42(45)52/h1-31H. The van der Waals surface area contributed by atoms with Gasteiger partial charge in [0.15, 0.2) is 17.5 Å². The summed E-state index contributed by atoms with van der Waals surface area (Å²) in [5.74, 6) is 3.63. The highest BCUT2D eigenvalue weighted by Gasteiger charge is 2.51. The maximum absolute atomic E-state index is 6.58. The number of hydrogen-bond donors (Lipinski definition) is 0. The van der Waals surface area contributed by atoms with Crippen LogP contribution in [0.3, 0.4) is 0 Å². The third-order valence-electron chi connectivity index (χ3n) is 11.6. The molecule has 4 nitrogen and oxygen atoms in total. The van der Waals surface area contributed by atoms with Gasteiger partial charge in [-0.05, 0) is 51.6 Å². The molecule has 57 heavy (non-hydrogen) atoms. The molecule has 8 aromatic carbocycles. The molecule has 0 radical (unpaired) electrons. The number of rotatable bonds is 4. The van der Waals surface area contributed by atoms with E-state index in [1.165, 1.54) is 36.9 Å². The van der Waals surface area contributed by atoms with Crippen molar-refractivity contribution in [1.82, 2.24) is 15.0 Å². The van der Waals surface area contributed by atoms with Crippen LogP contribution in [-0.2, 0) is 5.41 Å². The SMILES string of the molecule is c1ccc(-c2nc(-c3ccc(-c4cccc5c4sc4ccccc45)cc3)nc(-c3cccc4c3-c3ccccc3C43c4ccccc4Oc4ccccc43)n2)cc1. The highest BCUT2D eigenvalue weighted by Crippen LogP contribution is 2.63. The first kappa shape index (κ1) is 32.1. The largest absolute Gasteiger partial charge is 0.457 e. The van der Waals surface area contributed by atoms with Gasteiger partial charge in [-0.15, -0.1) is 11.3 Å². The van der Waals surface area contributed by atoms with Gasteiger partial charge in [-0.2, -0.15) is 0 Å². The summed E-state index contributed by atoms with van der Waals surface area (Å²) in [4.78, 5) is 15.7. The fraction of sp³-hybridized carbons (Fsp3) is 0.0192. The molecule has 0 atom stereocenters. The van der Waals surface area contributed by atoms with Crippen LogP contribution in [0.1, 0.15) is 22.3 Å². The molecule has 0 unspecified atom stereocenters. The molecule has 0 saturated carbocycles. The molecule has 3 heterocycles. The summed E-state index contributed by atoms with van der Waals surface area (Å²) in [6.07, 6.45) is 0. The van der Waals surface area contributed by atoms with Crippen molar-refractivity contribution in [3.63, 3.8) is 0 Å². The lowest BCUT2D eigenvalue weighted by Gasteiger charge is -2.39. The van der Waals surface area contributed by atoms with Crippen molar-refractivity contribution in [3.8, 4) is 67.9 Å². The van der Waals surface area contributed by atoms with E-state index < -0.39 is 5.41 Å². The van der Waals surface area contributed by atoms with E-state index in [2.05, 4.69) is 158 Å². The highest BCUT2D eigenvalue weighted by molar-refractivity contribution is 7.26. The number of nitrogens with zero attached hydrogens (tertiary/aromatic N) is 3. The van der Waals surface area contributed by atoms with E-state index in [1.54, 1.807) is 0 Å². The number of thiophene rings is 1. The predicted octanol–water partition coefficient (Wildman–Crippen LogP) is 13.4. The van der Waals surface area contributed by atoms with Gasteiger partial charge in [0, 0.05) is 48.0 Å². The zero-order valence-electron chi connectivity index (χ0n) is 30.6. The summed E-state index contributed by atoms with van der Waals surface area (Å²) >= 11 is 1.85. The van der Waals surface area contributed by atoms with E-state index in [-0.39, 0.29) is 0 Å². The monoisotopic (exact) mass is 745 g/mol. The topological polar surface area (TPSA) is 47.9 Å². The Morgan fingerprint density at radius 2 is 0.895 bits per heavy atom. The molecule has 0 bridgehead atoms. The van der Waals surface area contributed by atoms with Gasteiger partial charge in [-0.3, -0.25) is 0 Å². The molecule has 0 amide bonds. The number of ether oxygens (including phenoxy) is 1. The quantitative estimate of drug-likeness (QED) is 0.180. The van der Waals surface area contributed by atoms with Gasteiger partial charge in [0.2, 0.25) is 0 Å². The first-order chi connectivity index (χ1) is 28.3. The maximum Gasteiger partial charge on any atom is 0.164 e. The van der Waals surface area contributed by atoms with Crippen molar-refractivity contribution in [3.05, 3.63) is 210 Å². The zero-order chi connectivity index (χ0) is 37.5. The second-order valence-electron chi connectivity index (χ2n) is 14.6. The van der Waals surface area contributed by atoms with Gasteiger partial charge < -0.3 is 4.74 Å². The Labute approximate surface area is 333 Å². The van der Waals surface area contributed by atoms with Gasteiger partial charge >= 0.3 is 0 Å². The molecule has 1 aliphatic carbocycles. The molecular formula is C52H31N3OS. The average molecular weight is 746 g/mol. The van der Waals surface area contributed by atoms with Gasteiger partial charge in [0.1, 0.15) is 11.5 Å². The first-order valence-corrected chi connectivity index (χ1v) is 20.0. The second kappa shape index (κ2) is 12.4. The second-order valence-corrected chi connectivity index (χ2v) is 15.7. The molecular weight excluding hydrogens is 715 g/mol. The Balaban J connectivity index is 1.06. The van der Waals surface area contributed by atoms with Gasteiger partial charge in [-0.25, -0.2) is 15.0 Å². The van der Waals surface area contributed by atoms with E-state index in [0.29, 0.717) is 17.5 Å². The van der Waals surface area contributed by atoms with Crippen LogP contribution in [0.25, 0.3) is 76.6 Å². The van der Waals surface area contributed by atoms with Crippen LogP contribution in [0.2, 0.25) is 0 Å². The number of benzene rings is 8. The van der Waals surface area contributed by atoms with Gasteiger partial charge in [0.25, 0.3) is 0 Å². The van der Waals surface area contributed by atoms with E-state index in [0.717, 1.165) is 56.0 Å². The Hall–Kier alpha value is -7.21. The third-order valence-corrected chi connectivity index (χ3v) is 12.9. The van der Waals surface area contributed by atoms with Crippen LogP contribution < -0.4 is 4.74 Å². The summed E-state index contributed by atoms with van der Waals surface area (Å²) in [6, 6.07) is 66.4. The molecule has 2 aliphatic rings. The molecule has 5 heteroatoms. The minimum Gasteiger partial charge on any atom is -0.457 e. The van der Waals surface area contributed by atoms with Crippen molar-refractivity contribution >= 4 is 31.5 Å². The lowest BCUT2D eigenvalue weighted by atomic mass is 9.66. The fourth-order valence-electron chi connectivity index (χ4n) is 9.20. The fourth-order valence-corrected chi connectivity index (χ4v) is 10.4. The molecule has 1 aliphatic heterocycles. The van der Waals surface area contributed by atoms with Crippen LogP contribution in [0.15, 0.2) is 188 Å². The number of para-hydroxylation sites is 2. The van der Waals surface area contributed by atoms with Crippen molar-refractivity contribution < 1.29 is 4.74 Å². The molecule has 1 spiro atoms. The summed E-state index contributed by atoms with van der Waals surface area (Å²) in [7, 11) is 0. The summed E-state index contributed by atoms with van der Waals surface area (Å²) < 4.78 is 9.17. The lowest BCUT2D eigenvalue weighted by Crippen LogP contribution is -2.32. The predicted molar refractivity (Wildman–Crippen MR) is 232 cm³/mol. The summed E-state index contributed by atoms with van der Waals surface area (Å²) in [5.41, 5.74) is 11.6. The molecule has 10 aromatic rings.